The third-order valence-corrected chi connectivity index (χ3v) is 3.45. The van der Waals surface area contributed by atoms with Gasteiger partial charge < -0.3 is 5.32 Å². The van der Waals surface area contributed by atoms with E-state index in [0.717, 1.165) is 17.0 Å². The predicted molar refractivity (Wildman–Crippen MR) is 56.0 cm³/mol. The molecule has 0 saturated heterocycles. The van der Waals surface area contributed by atoms with Crippen LogP contribution in [0, 0.1) is 12.8 Å². The average Bonchev–Trinajstić information content (AvgIpc) is 2.62. The lowest BCUT2D eigenvalue weighted by molar-refractivity contribution is 0.542. The van der Waals surface area contributed by atoms with E-state index in [1.54, 1.807) is 11.3 Å². The fourth-order valence-corrected chi connectivity index (χ4v) is 2.25. The summed E-state index contributed by atoms with van der Waals surface area (Å²) in [5, 5.41) is 6.89. The predicted octanol–water partition coefficient (Wildman–Crippen LogP) is 2.51. The molecule has 3 unspecified atom stereocenters. The molecule has 13 heavy (non-hydrogen) atoms. The van der Waals surface area contributed by atoms with E-state index in [2.05, 4.69) is 36.5 Å². The van der Waals surface area contributed by atoms with Gasteiger partial charge in [0.1, 0.15) is 0 Å². The summed E-state index contributed by atoms with van der Waals surface area (Å²) in [5.41, 5.74) is 1.20. The quantitative estimate of drug-likeness (QED) is 0.803. The van der Waals surface area contributed by atoms with E-state index in [-0.39, 0.29) is 0 Å². The summed E-state index contributed by atoms with van der Waals surface area (Å²) in [4.78, 5) is 4.47. The second-order valence-corrected chi connectivity index (χ2v) is 5.06. The van der Waals surface area contributed by atoms with Crippen LogP contribution in [0.3, 0.4) is 0 Å². The van der Waals surface area contributed by atoms with Gasteiger partial charge in [-0.2, -0.15) is 0 Å². The molecule has 0 aliphatic heterocycles. The van der Waals surface area contributed by atoms with Gasteiger partial charge in [0.15, 0.2) is 0 Å². The highest BCUT2D eigenvalue weighted by Gasteiger charge is 2.33. The average molecular weight is 196 g/mol. The molecule has 0 spiro atoms. The van der Waals surface area contributed by atoms with Crippen molar-refractivity contribution < 1.29 is 0 Å². The van der Waals surface area contributed by atoms with E-state index >= 15 is 0 Å². The summed E-state index contributed by atoms with van der Waals surface area (Å²) in [6, 6.07) is 1.15. The Morgan fingerprint density at radius 2 is 2.38 bits per heavy atom. The molecule has 0 aromatic carbocycles. The highest BCUT2D eigenvalue weighted by molar-refractivity contribution is 7.09. The van der Waals surface area contributed by atoms with Gasteiger partial charge in [-0.3, -0.25) is 0 Å². The molecule has 1 saturated carbocycles. The van der Waals surface area contributed by atoms with Crippen molar-refractivity contribution in [3.05, 3.63) is 16.1 Å². The summed E-state index contributed by atoms with van der Waals surface area (Å²) >= 11 is 1.73. The molecule has 1 heterocycles. The SMILES string of the molecule is Cc1nc(C(C)NC2CC2C)cs1. The van der Waals surface area contributed by atoms with Gasteiger partial charge in [0, 0.05) is 17.5 Å². The maximum atomic E-state index is 4.47. The van der Waals surface area contributed by atoms with Crippen molar-refractivity contribution in [2.75, 3.05) is 0 Å². The van der Waals surface area contributed by atoms with E-state index < -0.39 is 0 Å². The lowest BCUT2D eigenvalue weighted by Gasteiger charge is -2.10. The molecule has 1 aromatic rings. The second kappa shape index (κ2) is 3.39. The van der Waals surface area contributed by atoms with Crippen LogP contribution in [0.5, 0.6) is 0 Å². The minimum Gasteiger partial charge on any atom is -0.306 e. The van der Waals surface area contributed by atoms with Crippen molar-refractivity contribution in [3.63, 3.8) is 0 Å². The molecule has 2 rings (SSSR count). The van der Waals surface area contributed by atoms with Crippen molar-refractivity contribution >= 4 is 11.3 Å². The third kappa shape index (κ3) is 2.09. The number of hydrogen-bond donors (Lipinski definition) is 1. The van der Waals surface area contributed by atoms with Gasteiger partial charge in [-0.25, -0.2) is 4.98 Å². The van der Waals surface area contributed by atoms with Crippen LogP contribution in [-0.4, -0.2) is 11.0 Å². The van der Waals surface area contributed by atoms with Gasteiger partial charge in [0.25, 0.3) is 0 Å². The van der Waals surface area contributed by atoms with Gasteiger partial charge in [0.05, 0.1) is 10.7 Å². The number of rotatable bonds is 3. The summed E-state index contributed by atoms with van der Waals surface area (Å²) in [5.74, 6) is 0.863. The minimum absolute atomic E-state index is 0.417. The summed E-state index contributed by atoms with van der Waals surface area (Å²) in [6.07, 6.45) is 1.33. The Hall–Kier alpha value is -0.410. The molecule has 1 fully saturated rings. The first-order valence-corrected chi connectivity index (χ1v) is 5.73. The zero-order valence-electron chi connectivity index (χ0n) is 8.37. The van der Waals surface area contributed by atoms with Crippen molar-refractivity contribution in [2.45, 2.75) is 39.3 Å². The fraction of sp³-hybridized carbons (Fsp3) is 0.700. The molecule has 1 aromatic heterocycles. The highest BCUT2D eigenvalue weighted by Crippen LogP contribution is 2.31. The maximum absolute atomic E-state index is 4.47. The zero-order chi connectivity index (χ0) is 9.42. The number of nitrogens with one attached hydrogen (secondary N) is 1. The Morgan fingerprint density at radius 3 is 2.85 bits per heavy atom. The number of hydrogen-bond acceptors (Lipinski definition) is 3. The van der Waals surface area contributed by atoms with Gasteiger partial charge in [-0.15, -0.1) is 11.3 Å². The molecule has 0 bridgehead atoms. The Morgan fingerprint density at radius 1 is 1.69 bits per heavy atom. The Kier molecular flexibility index (Phi) is 2.39. The topological polar surface area (TPSA) is 24.9 Å². The van der Waals surface area contributed by atoms with Gasteiger partial charge >= 0.3 is 0 Å². The first-order valence-electron chi connectivity index (χ1n) is 4.85. The monoisotopic (exact) mass is 196 g/mol. The summed E-state index contributed by atoms with van der Waals surface area (Å²) < 4.78 is 0. The second-order valence-electron chi connectivity index (χ2n) is 4.00. The molecule has 1 N–H and O–H groups in total. The number of thiazole rings is 1. The van der Waals surface area contributed by atoms with E-state index in [1.807, 2.05) is 0 Å². The van der Waals surface area contributed by atoms with Crippen LogP contribution in [0.25, 0.3) is 0 Å². The Balaban J connectivity index is 1.93. The van der Waals surface area contributed by atoms with Crippen LogP contribution >= 0.6 is 11.3 Å². The summed E-state index contributed by atoms with van der Waals surface area (Å²) in [6.45, 7) is 6.54. The van der Waals surface area contributed by atoms with Crippen molar-refractivity contribution in [2.24, 2.45) is 5.92 Å². The summed E-state index contributed by atoms with van der Waals surface area (Å²) in [7, 11) is 0. The van der Waals surface area contributed by atoms with E-state index in [0.29, 0.717) is 6.04 Å². The Bertz CT molecular complexity index is 295. The number of nitrogens with zero attached hydrogens (tertiary/aromatic N) is 1. The van der Waals surface area contributed by atoms with Crippen LogP contribution in [0.15, 0.2) is 5.38 Å². The van der Waals surface area contributed by atoms with Crippen LogP contribution in [0.4, 0.5) is 0 Å². The van der Waals surface area contributed by atoms with Crippen LogP contribution in [0.2, 0.25) is 0 Å². The minimum atomic E-state index is 0.417. The molecule has 2 nitrogen and oxygen atoms in total. The van der Waals surface area contributed by atoms with Gasteiger partial charge in [-0.05, 0) is 26.2 Å². The molecule has 0 amide bonds. The largest absolute Gasteiger partial charge is 0.306 e. The molecule has 3 heteroatoms. The third-order valence-electron chi connectivity index (χ3n) is 2.65. The normalized spacial score (nSPS) is 28.8. The zero-order valence-corrected chi connectivity index (χ0v) is 9.19. The van der Waals surface area contributed by atoms with Crippen LogP contribution < -0.4 is 5.32 Å². The first-order chi connectivity index (χ1) is 6.16. The van der Waals surface area contributed by atoms with Crippen molar-refractivity contribution in [1.29, 1.82) is 0 Å². The van der Waals surface area contributed by atoms with E-state index in [1.165, 1.54) is 12.1 Å². The highest BCUT2D eigenvalue weighted by atomic mass is 32.1. The molecule has 3 atom stereocenters. The number of aryl methyl sites for hydroxylation is 1. The standard InChI is InChI=1S/C10H16N2S/c1-6-4-9(6)11-7(2)10-5-13-8(3)12-10/h5-7,9,11H,4H2,1-3H3. The molecule has 1 aliphatic rings. The first kappa shape index (κ1) is 9.16. The smallest absolute Gasteiger partial charge is 0.0898 e. The molecule has 72 valence electrons. The Labute approximate surface area is 83.4 Å². The molecule has 1 aliphatic carbocycles. The molecule has 0 radical (unpaired) electrons. The van der Waals surface area contributed by atoms with E-state index in [4.69, 9.17) is 0 Å². The lowest BCUT2D eigenvalue weighted by atomic mass is 10.2. The molecular formula is C10H16N2S. The fourth-order valence-electron chi connectivity index (χ4n) is 1.54. The maximum Gasteiger partial charge on any atom is 0.0898 e. The number of aromatic nitrogens is 1. The van der Waals surface area contributed by atoms with Gasteiger partial charge in [-0.1, -0.05) is 6.92 Å². The van der Waals surface area contributed by atoms with Crippen molar-refractivity contribution in [3.8, 4) is 0 Å². The van der Waals surface area contributed by atoms with Crippen LogP contribution in [0.1, 0.15) is 37.0 Å². The lowest BCUT2D eigenvalue weighted by Crippen LogP contribution is -2.22. The van der Waals surface area contributed by atoms with Gasteiger partial charge in [0.2, 0.25) is 0 Å². The van der Waals surface area contributed by atoms with Crippen LogP contribution in [-0.2, 0) is 0 Å². The molecular weight excluding hydrogens is 180 g/mol. The van der Waals surface area contributed by atoms with E-state index in [9.17, 15) is 0 Å². The van der Waals surface area contributed by atoms with Crippen molar-refractivity contribution in [1.82, 2.24) is 10.3 Å².